The Hall–Kier alpha value is -1.69. The molecule has 0 unspecified atom stereocenters. The summed E-state index contributed by atoms with van der Waals surface area (Å²) in [5, 5.41) is 0.645. The van der Waals surface area contributed by atoms with Gasteiger partial charge in [-0.1, -0.05) is 11.6 Å². The maximum atomic E-state index is 6.36. The van der Waals surface area contributed by atoms with Crippen molar-refractivity contribution in [3.63, 3.8) is 0 Å². The summed E-state index contributed by atoms with van der Waals surface area (Å²) in [5.41, 5.74) is 2.08. The second-order valence-corrected chi connectivity index (χ2v) is 7.82. The number of halogens is 1. The number of piperidine rings is 3. The molecule has 2 aromatic rings. The maximum absolute atomic E-state index is 6.36. The number of fused-ring (bicyclic) bond motifs is 2. The molecule has 6 heteroatoms. The van der Waals surface area contributed by atoms with Crippen LogP contribution in [0.1, 0.15) is 12.8 Å². The molecule has 6 heterocycles. The number of pyridine rings is 2. The van der Waals surface area contributed by atoms with Crippen molar-refractivity contribution < 1.29 is 4.74 Å². The van der Waals surface area contributed by atoms with Gasteiger partial charge in [0.2, 0.25) is 0 Å². The third kappa shape index (κ3) is 2.71. The highest BCUT2D eigenvalue weighted by Crippen LogP contribution is 2.42. The van der Waals surface area contributed by atoms with Gasteiger partial charge >= 0.3 is 0 Å². The predicted octanol–water partition coefficient (Wildman–Crippen LogP) is 3.06. The van der Waals surface area contributed by atoms with Crippen molar-refractivity contribution >= 4 is 17.4 Å². The van der Waals surface area contributed by atoms with E-state index in [1.54, 1.807) is 6.20 Å². The molecule has 1 spiro atoms. The molecule has 5 nitrogen and oxygen atoms in total. The SMILES string of the molecule is Clc1cncc(-c2ccnc(N3CO[C@]4(CN5CCC4CC5)C3)c2)c1. The van der Waals surface area contributed by atoms with Gasteiger partial charge in [-0.05, 0) is 55.6 Å². The average molecular weight is 357 g/mol. The molecule has 6 rings (SSSR count). The third-order valence-electron chi connectivity index (χ3n) is 5.90. The van der Waals surface area contributed by atoms with Gasteiger partial charge in [0.15, 0.2) is 0 Å². The van der Waals surface area contributed by atoms with Gasteiger partial charge in [0.05, 0.1) is 11.6 Å². The fourth-order valence-corrected chi connectivity index (χ4v) is 4.75. The second kappa shape index (κ2) is 5.94. The van der Waals surface area contributed by atoms with Crippen LogP contribution in [0.2, 0.25) is 5.02 Å². The van der Waals surface area contributed by atoms with Gasteiger partial charge in [0.25, 0.3) is 0 Å². The van der Waals surface area contributed by atoms with E-state index in [1.807, 2.05) is 24.5 Å². The summed E-state index contributed by atoms with van der Waals surface area (Å²) in [6, 6.07) is 6.04. The molecule has 0 saturated carbocycles. The summed E-state index contributed by atoms with van der Waals surface area (Å²) in [5.74, 6) is 1.65. The molecular formula is C19H21ClN4O. The Bertz CT molecular complexity index is 792. The van der Waals surface area contributed by atoms with Crippen molar-refractivity contribution in [2.45, 2.75) is 18.4 Å². The van der Waals surface area contributed by atoms with Crippen LogP contribution < -0.4 is 4.90 Å². The lowest BCUT2D eigenvalue weighted by molar-refractivity contribution is -0.116. The monoisotopic (exact) mass is 356 g/mol. The van der Waals surface area contributed by atoms with Crippen LogP contribution in [0.15, 0.2) is 36.8 Å². The van der Waals surface area contributed by atoms with E-state index in [0.717, 1.165) is 30.0 Å². The normalized spacial score (nSPS) is 31.0. The lowest BCUT2D eigenvalue weighted by Gasteiger charge is -2.50. The van der Waals surface area contributed by atoms with E-state index in [1.165, 1.54) is 25.9 Å². The van der Waals surface area contributed by atoms with Gasteiger partial charge in [-0.3, -0.25) is 4.98 Å². The molecule has 0 N–H and O–H groups in total. The van der Waals surface area contributed by atoms with Crippen LogP contribution in [0.25, 0.3) is 11.1 Å². The summed E-state index contributed by atoms with van der Waals surface area (Å²) >= 11 is 6.08. The summed E-state index contributed by atoms with van der Waals surface area (Å²) in [6.45, 7) is 5.07. The molecule has 0 aromatic carbocycles. The number of anilines is 1. The highest BCUT2D eigenvalue weighted by molar-refractivity contribution is 6.30. The Kier molecular flexibility index (Phi) is 3.69. The zero-order valence-corrected chi connectivity index (χ0v) is 14.8. The molecule has 4 saturated heterocycles. The summed E-state index contributed by atoms with van der Waals surface area (Å²) in [6.07, 6.45) is 7.86. The standard InChI is InChI=1S/C19H21ClN4O/c20-17-7-15(9-21-10-17)14-1-4-22-18(8-14)24-12-19(25-13-24)11-23-5-2-16(19)3-6-23/h1,4,7-10,16H,2-3,5-6,11-13H2/t19-/m1/s1. The predicted molar refractivity (Wildman–Crippen MR) is 97.7 cm³/mol. The minimum atomic E-state index is -0.00814. The van der Waals surface area contributed by atoms with Gasteiger partial charge in [-0.25, -0.2) is 4.98 Å². The van der Waals surface area contributed by atoms with Gasteiger partial charge in [0.1, 0.15) is 18.1 Å². The van der Waals surface area contributed by atoms with Crippen molar-refractivity contribution in [2.24, 2.45) is 5.92 Å². The topological polar surface area (TPSA) is 41.5 Å². The van der Waals surface area contributed by atoms with Gasteiger partial charge in [0, 0.05) is 30.7 Å². The van der Waals surface area contributed by atoms with Crippen LogP contribution >= 0.6 is 11.6 Å². The Morgan fingerprint density at radius 2 is 2.00 bits per heavy atom. The molecule has 2 bridgehead atoms. The molecule has 2 aromatic heterocycles. The molecule has 4 aliphatic heterocycles. The molecule has 130 valence electrons. The van der Waals surface area contributed by atoms with E-state index >= 15 is 0 Å². The zero-order chi connectivity index (χ0) is 16.9. The third-order valence-corrected chi connectivity index (χ3v) is 6.10. The smallest absolute Gasteiger partial charge is 0.131 e. The number of hydrogen-bond donors (Lipinski definition) is 0. The number of hydrogen-bond acceptors (Lipinski definition) is 5. The van der Waals surface area contributed by atoms with Crippen molar-refractivity contribution in [3.05, 3.63) is 41.8 Å². The molecule has 4 fully saturated rings. The molecule has 0 radical (unpaired) electrons. The Labute approximate surface area is 152 Å². The second-order valence-electron chi connectivity index (χ2n) is 7.38. The summed E-state index contributed by atoms with van der Waals surface area (Å²) in [4.78, 5) is 13.6. The van der Waals surface area contributed by atoms with Gasteiger partial charge in [-0.2, -0.15) is 0 Å². The van der Waals surface area contributed by atoms with Crippen LogP contribution in [0.5, 0.6) is 0 Å². The summed E-state index contributed by atoms with van der Waals surface area (Å²) in [7, 11) is 0. The largest absolute Gasteiger partial charge is 0.351 e. The van der Waals surface area contributed by atoms with Crippen LogP contribution in [0, 0.1) is 5.92 Å². The van der Waals surface area contributed by atoms with E-state index in [-0.39, 0.29) is 5.60 Å². The van der Waals surface area contributed by atoms with E-state index in [2.05, 4.69) is 25.8 Å². The first-order valence-corrected chi connectivity index (χ1v) is 9.28. The van der Waals surface area contributed by atoms with Crippen molar-refractivity contribution in [2.75, 3.05) is 37.8 Å². The van der Waals surface area contributed by atoms with E-state index in [4.69, 9.17) is 16.3 Å². The zero-order valence-electron chi connectivity index (χ0n) is 14.1. The number of rotatable bonds is 2. The first-order valence-electron chi connectivity index (χ1n) is 8.90. The minimum Gasteiger partial charge on any atom is -0.351 e. The summed E-state index contributed by atoms with van der Waals surface area (Å²) < 4.78 is 6.36. The lowest BCUT2D eigenvalue weighted by atomic mass is 9.75. The highest BCUT2D eigenvalue weighted by Gasteiger charge is 2.51. The lowest BCUT2D eigenvalue weighted by Crippen LogP contribution is -2.61. The molecule has 4 aliphatic rings. The fourth-order valence-electron chi connectivity index (χ4n) is 4.58. The molecular weight excluding hydrogens is 336 g/mol. The van der Waals surface area contributed by atoms with Crippen LogP contribution in [-0.2, 0) is 4.74 Å². The minimum absolute atomic E-state index is 0.00814. The van der Waals surface area contributed by atoms with E-state index in [9.17, 15) is 0 Å². The Morgan fingerprint density at radius 1 is 1.12 bits per heavy atom. The average Bonchev–Trinajstić information content (AvgIpc) is 3.06. The Morgan fingerprint density at radius 3 is 2.76 bits per heavy atom. The highest BCUT2D eigenvalue weighted by atomic mass is 35.5. The first kappa shape index (κ1) is 15.6. The molecule has 25 heavy (non-hydrogen) atoms. The maximum Gasteiger partial charge on any atom is 0.131 e. The van der Waals surface area contributed by atoms with E-state index in [0.29, 0.717) is 17.7 Å². The molecule has 0 amide bonds. The fraction of sp³-hybridized carbons (Fsp3) is 0.474. The van der Waals surface area contributed by atoms with Crippen LogP contribution in [0.4, 0.5) is 5.82 Å². The Balaban J connectivity index is 1.40. The van der Waals surface area contributed by atoms with Crippen LogP contribution in [0.3, 0.4) is 0 Å². The molecule has 1 atom stereocenters. The first-order chi connectivity index (χ1) is 12.2. The number of nitrogens with zero attached hydrogens (tertiary/aromatic N) is 4. The van der Waals surface area contributed by atoms with Crippen LogP contribution in [-0.4, -0.2) is 53.4 Å². The van der Waals surface area contributed by atoms with Crippen molar-refractivity contribution in [3.8, 4) is 11.1 Å². The number of aromatic nitrogens is 2. The number of ether oxygens (including phenoxy) is 1. The van der Waals surface area contributed by atoms with E-state index < -0.39 is 0 Å². The van der Waals surface area contributed by atoms with Crippen molar-refractivity contribution in [1.29, 1.82) is 0 Å². The quantitative estimate of drug-likeness (QED) is 0.827. The van der Waals surface area contributed by atoms with Gasteiger partial charge < -0.3 is 14.5 Å². The molecule has 0 aliphatic carbocycles. The van der Waals surface area contributed by atoms with Gasteiger partial charge in [-0.15, -0.1) is 0 Å². The van der Waals surface area contributed by atoms with Crippen molar-refractivity contribution in [1.82, 2.24) is 14.9 Å².